The largest absolute Gasteiger partial charge is 0.478 e. The van der Waals surface area contributed by atoms with E-state index in [4.69, 9.17) is 0 Å². The van der Waals surface area contributed by atoms with Crippen LogP contribution in [0.4, 0.5) is 10.5 Å². The smallest absolute Gasteiger partial charge is 0.337 e. The maximum Gasteiger partial charge on any atom is 0.337 e. The first-order chi connectivity index (χ1) is 10.1. The SMILES string of the molecule is CCN(C(=O)N(C)c1ccccc1C(=O)O)C1CCCC1. The summed E-state index contributed by atoms with van der Waals surface area (Å²) in [6, 6.07) is 6.76. The molecule has 0 aliphatic heterocycles. The lowest BCUT2D eigenvalue weighted by Crippen LogP contribution is -2.46. The number of anilines is 1. The van der Waals surface area contributed by atoms with Gasteiger partial charge in [-0.1, -0.05) is 25.0 Å². The Hall–Kier alpha value is -2.04. The highest BCUT2D eigenvalue weighted by Gasteiger charge is 2.29. The van der Waals surface area contributed by atoms with Crippen molar-refractivity contribution in [2.45, 2.75) is 38.6 Å². The van der Waals surface area contributed by atoms with Gasteiger partial charge in [-0.2, -0.15) is 0 Å². The number of rotatable bonds is 4. The van der Waals surface area contributed by atoms with E-state index in [0.29, 0.717) is 12.2 Å². The van der Waals surface area contributed by atoms with Gasteiger partial charge in [0.2, 0.25) is 0 Å². The molecule has 0 atom stereocenters. The fraction of sp³-hybridized carbons (Fsp3) is 0.500. The van der Waals surface area contributed by atoms with Crippen LogP contribution in [0.3, 0.4) is 0 Å². The van der Waals surface area contributed by atoms with Gasteiger partial charge in [0.25, 0.3) is 0 Å². The predicted molar refractivity (Wildman–Crippen MR) is 81.8 cm³/mol. The van der Waals surface area contributed by atoms with Crippen molar-refractivity contribution in [3.8, 4) is 0 Å². The number of urea groups is 1. The Morgan fingerprint density at radius 3 is 2.43 bits per heavy atom. The van der Waals surface area contributed by atoms with Crippen LogP contribution in [0.1, 0.15) is 43.0 Å². The number of hydrogen-bond donors (Lipinski definition) is 1. The molecule has 0 bridgehead atoms. The highest BCUT2D eigenvalue weighted by atomic mass is 16.4. The average Bonchev–Trinajstić information content (AvgIpc) is 3.01. The summed E-state index contributed by atoms with van der Waals surface area (Å²) in [5.74, 6) is -1.02. The fourth-order valence-corrected chi connectivity index (χ4v) is 3.01. The fourth-order valence-electron chi connectivity index (χ4n) is 3.01. The Morgan fingerprint density at radius 2 is 1.86 bits per heavy atom. The van der Waals surface area contributed by atoms with Crippen LogP contribution in [0.2, 0.25) is 0 Å². The second kappa shape index (κ2) is 6.61. The lowest BCUT2D eigenvalue weighted by atomic mass is 10.1. The van der Waals surface area contributed by atoms with Crippen molar-refractivity contribution in [2.75, 3.05) is 18.5 Å². The zero-order chi connectivity index (χ0) is 15.4. The number of para-hydroxylation sites is 1. The summed E-state index contributed by atoms with van der Waals surface area (Å²) in [5.41, 5.74) is 0.585. The van der Waals surface area contributed by atoms with Crippen LogP contribution in [0, 0.1) is 0 Å². The number of nitrogens with zero attached hydrogens (tertiary/aromatic N) is 2. The molecule has 1 N–H and O–H groups in total. The van der Waals surface area contributed by atoms with Gasteiger partial charge in [-0.15, -0.1) is 0 Å². The number of carbonyl (C=O) groups is 2. The van der Waals surface area contributed by atoms with Gasteiger partial charge in [0.05, 0.1) is 11.3 Å². The molecule has 21 heavy (non-hydrogen) atoms. The summed E-state index contributed by atoms with van der Waals surface area (Å²) < 4.78 is 0. The summed E-state index contributed by atoms with van der Waals surface area (Å²) in [6.45, 7) is 2.61. The van der Waals surface area contributed by atoms with E-state index in [1.807, 2.05) is 11.8 Å². The monoisotopic (exact) mass is 290 g/mol. The van der Waals surface area contributed by atoms with Gasteiger partial charge < -0.3 is 10.0 Å². The normalized spacial score (nSPS) is 15.0. The van der Waals surface area contributed by atoms with Crippen molar-refractivity contribution in [3.05, 3.63) is 29.8 Å². The Balaban J connectivity index is 2.24. The van der Waals surface area contributed by atoms with Crippen molar-refractivity contribution in [3.63, 3.8) is 0 Å². The van der Waals surface area contributed by atoms with Crippen molar-refractivity contribution in [1.82, 2.24) is 4.90 Å². The topological polar surface area (TPSA) is 60.9 Å². The molecule has 1 fully saturated rings. The highest BCUT2D eigenvalue weighted by Crippen LogP contribution is 2.26. The number of carboxylic acid groups (broad SMARTS) is 1. The van der Waals surface area contributed by atoms with E-state index in [-0.39, 0.29) is 17.6 Å². The van der Waals surface area contributed by atoms with E-state index in [1.54, 1.807) is 25.2 Å². The molecule has 2 amide bonds. The lowest BCUT2D eigenvalue weighted by Gasteiger charge is -2.32. The van der Waals surface area contributed by atoms with E-state index in [1.165, 1.54) is 11.0 Å². The standard InChI is InChI=1S/C16H22N2O3/c1-3-18(12-8-4-5-9-12)16(21)17(2)14-11-7-6-10-13(14)15(19)20/h6-7,10-12H,3-5,8-9H2,1-2H3,(H,19,20). The molecule has 5 heteroatoms. The molecule has 1 aliphatic rings. The molecule has 1 saturated carbocycles. The van der Waals surface area contributed by atoms with Crippen LogP contribution in [0.15, 0.2) is 24.3 Å². The van der Waals surface area contributed by atoms with E-state index in [9.17, 15) is 14.7 Å². The number of hydrogen-bond acceptors (Lipinski definition) is 2. The maximum atomic E-state index is 12.7. The number of carboxylic acids is 1. The minimum absolute atomic E-state index is 0.127. The minimum atomic E-state index is -1.02. The van der Waals surface area contributed by atoms with Crippen LogP contribution in [0.25, 0.3) is 0 Å². The minimum Gasteiger partial charge on any atom is -0.478 e. The van der Waals surface area contributed by atoms with Gasteiger partial charge in [-0.3, -0.25) is 4.90 Å². The Labute approximate surface area is 125 Å². The summed E-state index contributed by atoms with van der Waals surface area (Å²) in [6.07, 6.45) is 4.38. The highest BCUT2D eigenvalue weighted by molar-refractivity contribution is 6.01. The van der Waals surface area contributed by atoms with E-state index in [0.717, 1.165) is 25.7 Å². The van der Waals surface area contributed by atoms with E-state index >= 15 is 0 Å². The summed E-state index contributed by atoms with van der Waals surface area (Å²) in [7, 11) is 1.64. The Kier molecular flexibility index (Phi) is 4.83. The van der Waals surface area contributed by atoms with Crippen LogP contribution < -0.4 is 4.90 Å². The van der Waals surface area contributed by atoms with Crippen LogP contribution >= 0.6 is 0 Å². The van der Waals surface area contributed by atoms with Crippen LogP contribution in [-0.2, 0) is 0 Å². The third kappa shape index (κ3) is 3.17. The molecule has 0 aromatic heterocycles. The zero-order valence-corrected chi connectivity index (χ0v) is 12.6. The van der Waals surface area contributed by atoms with Gasteiger partial charge in [0, 0.05) is 19.6 Å². The molecule has 2 rings (SSSR count). The number of carbonyl (C=O) groups excluding carboxylic acids is 1. The summed E-state index contributed by atoms with van der Waals surface area (Å²) in [4.78, 5) is 27.3. The molecular weight excluding hydrogens is 268 g/mol. The molecule has 0 heterocycles. The first kappa shape index (κ1) is 15.4. The summed E-state index contributed by atoms with van der Waals surface area (Å²) >= 11 is 0. The van der Waals surface area contributed by atoms with Crippen molar-refractivity contribution >= 4 is 17.7 Å². The van der Waals surface area contributed by atoms with Gasteiger partial charge in [-0.25, -0.2) is 9.59 Å². The molecule has 1 aromatic carbocycles. The summed E-state index contributed by atoms with van der Waals surface area (Å²) in [5, 5.41) is 9.25. The molecular formula is C16H22N2O3. The quantitative estimate of drug-likeness (QED) is 0.926. The van der Waals surface area contributed by atoms with Gasteiger partial charge >= 0.3 is 12.0 Å². The number of aromatic carboxylic acids is 1. The maximum absolute atomic E-state index is 12.7. The Morgan fingerprint density at radius 1 is 1.24 bits per heavy atom. The molecule has 0 unspecified atom stereocenters. The average molecular weight is 290 g/mol. The van der Waals surface area contributed by atoms with Crippen LogP contribution in [-0.4, -0.2) is 41.6 Å². The zero-order valence-electron chi connectivity index (χ0n) is 12.6. The molecule has 0 saturated heterocycles. The van der Waals surface area contributed by atoms with E-state index < -0.39 is 5.97 Å². The first-order valence-corrected chi connectivity index (χ1v) is 7.43. The third-order valence-electron chi connectivity index (χ3n) is 4.13. The molecule has 0 radical (unpaired) electrons. The van der Waals surface area contributed by atoms with Crippen molar-refractivity contribution in [1.29, 1.82) is 0 Å². The Bertz CT molecular complexity index is 524. The predicted octanol–water partition coefficient (Wildman–Crippen LogP) is 3.21. The number of amides is 2. The van der Waals surface area contributed by atoms with Gasteiger partial charge in [-0.05, 0) is 31.9 Å². The second-order valence-corrected chi connectivity index (χ2v) is 5.39. The first-order valence-electron chi connectivity index (χ1n) is 7.43. The van der Waals surface area contributed by atoms with Crippen molar-refractivity contribution < 1.29 is 14.7 Å². The van der Waals surface area contributed by atoms with Gasteiger partial charge in [0.15, 0.2) is 0 Å². The molecule has 5 nitrogen and oxygen atoms in total. The van der Waals surface area contributed by atoms with Gasteiger partial charge in [0.1, 0.15) is 0 Å². The molecule has 0 spiro atoms. The second-order valence-electron chi connectivity index (χ2n) is 5.39. The number of benzene rings is 1. The van der Waals surface area contributed by atoms with E-state index in [2.05, 4.69) is 0 Å². The van der Waals surface area contributed by atoms with Crippen molar-refractivity contribution in [2.24, 2.45) is 0 Å². The molecule has 1 aromatic rings. The third-order valence-corrected chi connectivity index (χ3v) is 4.13. The van der Waals surface area contributed by atoms with Crippen LogP contribution in [0.5, 0.6) is 0 Å². The molecule has 114 valence electrons. The lowest BCUT2D eigenvalue weighted by molar-refractivity contribution is 0.0697. The molecule has 1 aliphatic carbocycles.